The summed E-state index contributed by atoms with van der Waals surface area (Å²) in [5, 5.41) is 23.3. The molecule has 0 amide bonds. The molecule has 14 heavy (non-hydrogen) atoms. The van der Waals surface area contributed by atoms with Gasteiger partial charge in [-0.15, -0.1) is 0 Å². The average molecular weight is 199 g/mol. The van der Waals surface area contributed by atoms with Crippen molar-refractivity contribution in [2.24, 2.45) is 7.05 Å². The van der Waals surface area contributed by atoms with Gasteiger partial charge in [-0.3, -0.25) is 0 Å². The summed E-state index contributed by atoms with van der Waals surface area (Å²) in [5.41, 5.74) is -0.156. The van der Waals surface area contributed by atoms with Crippen LogP contribution in [0.25, 0.3) is 0 Å². The molecule has 1 atom stereocenters. The van der Waals surface area contributed by atoms with Crippen molar-refractivity contribution in [3.05, 3.63) is 0 Å². The van der Waals surface area contributed by atoms with E-state index in [9.17, 15) is 0 Å². The van der Waals surface area contributed by atoms with Gasteiger partial charge in [0, 0.05) is 19.2 Å². The molecule has 0 bridgehead atoms. The Morgan fingerprint density at radius 2 is 2.29 bits per heavy atom. The Hall–Kier alpha value is -1.17. The van der Waals surface area contributed by atoms with Crippen molar-refractivity contribution >= 4 is 5.95 Å². The molecule has 0 aliphatic rings. The minimum absolute atomic E-state index is 0.155. The standard InChI is InChI=1S/C8H17N5O/c1-4-8(2,5-6-14)9-7-10-11-12-13(7)3/h14H,4-6H2,1-3H3,(H,9,10,12). The Morgan fingerprint density at radius 3 is 2.71 bits per heavy atom. The van der Waals surface area contributed by atoms with Crippen LogP contribution in [-0.2, 0) is 7.05 Å². The first-order valence-corrected chi connectivity index (χ1v) is 4.72. The Bertz CT molecular complexity index is 287. The molecule has 1 aromatic heterocycles. The van der Waals surface area contributed by atoms with Crippen molar-refractivity contribution in [3.63, 3.8) is 0 Å². The van der Waals surface area contributed by atoms with E-state index < -0.39 is 0 Å². The molecule has 6 nitrogen and oxygen atoms in total. The van der Waals surface area contributed by atoms with Gasteiger partial charge in [0.15, 0.2) is 0 Å². The number of anilines is 1. The van der Waals surface area contributed by atoms with Gasteiger partial charge in [-0.05, 0) is 30.2 Å². The van der Waals surface area contributed by atoms with Gasteiger partial charge < -0.3 is 10.4 Å². The molecule has 0 saturated carbocycles. The topological polar surface area (TPSA) is 75.9 Å². The highest BCUT2D eigenvalue weighted by Crippen LogP contribution is 2.18. The first kappa shape index (κ1) is 10.9. The van der Waals surface area contributed by atoms with E-state index in [0.717, 1.165) is 6.42 Å². The van der Waals surface area contributed by atoms with E-state index in [-0.39, 0.29) is 12.1 Å². The van der Waals surface area contributed by atoms with Crippen LogP contribution in [0, 0.1) is 0 Å². The van der Waals surface area contributed by atoms with E-state index >= 15 is 0 Å². The molecule has 0 aliphatic carbocycles. The molecular weight excluding hydrogens is 182 g/mol. The molecule has 6 heteroatoms. The molecule has 1 rings (SSSR count). The number of rotatable bonds is 5. The van der Waals surface area contributed by atoms with Gasteiger partial charge in [-0.2, -0.15) is 0 Å². The zero-order valence-corrected chi connectivity index (χ0v) is 8.86. The maximum atomic E-state index is 8.93. The summed E-state index contributed by atoms with van der Waals surface area (Å²) in [6.07, 6.45) is 1.58. The van der Waals surface area contributed by atoms with E-state index in [1.165, 1.54) is 0 Å². The number of aliphatic hydroxyl groups is 1. The predicted molar refractivity (Wildman–Crippen MR) is 52.8 cm³/mol. The highest BCUT2D eigenvalue weighted by atomic mass is 16.3. The van der Waals surface area contributed by atoms with Crippen LogP contribution in [-0.4, -0.2) is 37.5 Å². The zero-order chi connectivity index (χ0) is 10.6. The predicted octanol–water partition coefficient (Wildman–Crippen LogP) is 0.173. The third-order valence-electron chi connectivity index (χ3n) is 2.48. The first-order chi connectivity index (χ1) is 6.61. The largest absolute Gasteiger partial charge is 0.396 e. The number of aryl methyl sites for hydroxylation is 1. The molecule has 0 saturated heterocycles. The summed E-state index contributed by atoms with van der Waals surface area (Å²) in [4.78, 5) is 0. The summed E-state index contributed by atoms with van der Waals surface area (Å²) in [5.74, 6) is 0.628. The second-order valence-corrected chi connectivity index (χ2v) is 3.64. The number of hydrogen-bond donors (Lipinski definition) is 2. The highest BCUT2D eigenvalue weighted by Gasteiger charge is 2.22. The number of aromatic nitrogens is 4. The highest BCUT2D eigenvalue weighted by molar-refractivity contribution is 5.26. The maximum absolute atomic E-state index is 8.93. The summed E-state index contributed by atoms with van der Waals surface area (Å²) >= 11 is 0. The van der Waals surface area contributed by atoms with Gasteiger partial charge >= 0.3 is 0 Å². The van der Waals surface area contributed by atoms with Crippen LogP contribution in [0.2, 0.25) is 0 Å². The quantitative estimate of drug-likeness (QED) is 0.707. The molecule has 0 aliphatic heterocycles. The molecule has 0 aromatic carbocycles. The second-order valence-electron chi connectivity index (χ2n) is 3.64. The minimum Gasteiger partial charge on any atom is -0.396 e. The molecule has 0 spiro atoms. The molecule has 80 valence electrons. The zero-order valence-electron chi connectivity index (χ0n) is 8.86. The van der Waals surface area contributed by atoms with E-state index in [1.807, 2.05) is 6.92 Å². The lowest BCUT2D eigenvalue weighted by Crippen LogP contribution is -2.36. The molecule has 0 fully saturated rings. The summed E-state index contributed by atoms with van der Waals surface area (Å²) in [6, 6.07) is 0. The van der Waals surface area contributed by atoms with E-state index in [0.29, 0.717) is 12.4 Å². The summed E-state index contributed by atoms with van der Waals surface area (Å²) in [7, 11) is 1.78. The third-order valence-corrected chi connectivity index (χ3v) is 2.48. The van der Waals surface area contributed by atoms with Crippen LogP contribution in [0.15, 0.2) is 0 Å². The van der Waals surface area contributed by atoms with Gasteiger partial charge in [0.1, 0.15) is 0 Å². The number of nitrogens with one attached hydrogen (secondary N) is 1. The molecule has 1 heterocycles. The SMILES string of the molecule is CCC(C)(CCO)Nc1nnnn1C. The van der Waals surface area contributed by atoms with Crippen molar-refractivity contribution in [2.75, 3.05) is 11.9 Å². The van der Waals surface area contributed by atoms with Crippen molar-refractivity contribution in [1.29, 1.82) is 0 Å². The van der Waals surface area contributed by atoms with Crippen LogP contribution in [0.4, 0.5) is 5.95 Å². The smallest absolute Gasteiger partial charge is 0.243 e. The first-order valence-electron chi connectivity index (χ1n) is 4.72. The Balaban J connectivity index is 2.69. The number of aliphatic hydroxyl groups excluding tert-OH is 1. The normalized spacial score (nSPS) is 15.1. The fraction of sp³-hybridized carbons (Fsp3) is 0.875. The molecular formula is C8H17N5O. The van der Waals surface area contributed by atoms with E-state index in [2.05, 4.69) is 27.8 Å². The Labute approximate surface area is 83.3 Å². The Kier molecular flexibility index (Phi) is 3.40. The van der Waals surface area contributed by atoms with Crippen LogP contribution in [0.1, 0.15) is 26.7 Å². The number of hydrogen-bond acceptors (Lipinski definition) is 5. The lowest BCUT2D eigenvalue weighted by molar-refractivity contribution is 0.251. The average Bonchev–Trinajstić information content (AvgIpc) is 2.52. The lowest BCUT2D eigenvalue weighted by atomic mass is 9.95. The fourth-order valence-electron chi connectivity index (χ4n) is 1.18. The number of nitrogens with zero attached hydrogens (tertiary/aromatic N) is 4. The molecule has 1 aromatic rings. The Morgan fingerprint density at radius 1 is 1.57 bits per heavy atom. The maximum Gasteiger partial charge on any atom is 0.243 e. The van der Waals surface area contributed by atoms with Gasteiger partial charge in [0.05, 0.1) is 0 Å². The molecule has 2 N–H and O–H groups in total. The molecule has 1 unspecified atom stereocenters. The van der Waals surface area contributed by atoms with Crippen molar-refractivity contribution in [2.45, 2.75) is 32.2 Å². The lowest BCUT2D eigenvalue weighted by Gasteiger charge is -2.28. The van der Waals surface area contributed by atoms with Gasteiger partial charge in [-0.1, -0.05) is 12.0 Å². The third kappa shape index (κ3) is 2.41. The minimum atomic E-state index is -0.156. The van der Waals surface area contributed by atoms with Crippen LogP contribution >= 0.6 is 0 Å². The van der Waals surface area contributed by atoms with Gasteiger partial charge in [-0.25, -0.2) is 4.68 Å². The van der Waals surface area contributed by atoms with Crippen molar-refractivity contribution < 1.29 is 5.11 Å². The van der Waals surface area contributed by atoms with Crippen LogP contribution in [0.3, 0.4) is 0 Å². The summed E-state index contributed by atoms with van der Waals surface area (Å²) in [6.45, 7) is 4.26. The fourth-order valence-corrected chi connectivity index (χ4v) is 1.18. The van der Waals surface area contributed by atoms with E-state index in [4.69, 9.17) is 5.11 Å². The monoisotopic (exact) mass is 199 g/mol. The van der Waals surface area contributed by atoms with Crippen LogP contribution in [0.5, 0.6) is 0 Å². The van der Waals surface area contributed by atoms with Crippen LogP contribution < -0.4 is 5.32 Å². The number of tetrazole rings is 1. The van der Waals surface area contributed by atoms with Gasteiger partial charge in [0.2, 0.25) is 5.95 Å². The van der Waals surface area contributed by atoms with Gasteiger partial charge in [0.25, 0.3) is 0 Å². The van der Waals surface area contributed by atoms with Crippen molar-refractivity contribution in [3.8, 4) is 0 Å². The molecule has 0 radical (unpaired) electrons. The second kappa shape index (κ2) is 4.36. The van der Waals surface area contributed by atoms with E-state index in [1.54, 1.807) is 11.7 Å². The van der Waals surface area contributed by atoms with Crippen molar-refractivity contribution in [1.82, 2.24) is 20.2 Å². The summed E-state index contributed by atoms with van der Waals surface area (Å²) < 4.78 is 1.57.